The van der Waals surface area contributed by atoms with Crippen LogP contribution < -0.4 is 5.32 Å². The fraction of sp³-hybridized carbons (Fsp3) is 0.467. The molecule has 0 spiro atoms. The minimum atomic E-state index is 0.761. The molecule has 0 bridgehead atoms. The van der Waals surface area contributed by atoms with Gasteiger partial charge < -0.3 is 10.1 Å². The molecule has 0 amide bonds. The highest BCUT2D eigenvalue weighted by molar-refractivity contribution is 5.57. The first kappa shape index (κ1) is 13.9. The van der Waals surface area contributed by atoms with E-state index in [1.165, 1.54) is 22.3 Å². The Kier molecular flexibility index (Phi) is 5.95. The molecule has 1 rings (SSSR count). The Hall–Kier alpha value is -1.12. The van der Waals surface area contributed by atoms with Crippen molar-refractivity contribution in [2.75, 3.05) is 26.8 Å². The van der Waals surface area contributed by atoms with Gasteiger partial charge in [0.2, 0.25) is 0 Å². The smallest absolute Gasteiger partial charge is 0.0587 e. The van der Waals surface area contributed by atoms with Crippen LogP contribution in [0.15, 0.2) is 23.8 Å². The van der Waals surface area contributed by atoms with Gasteiger partial charge in [-0.3, -0.25) is 0 Å². The Balaban J connectivity index is 2.57. The first-order valence-electron chi connectivity index (χ1n) is 6.07. The molecule has 0 fully saturated rings. The summed E-state index contributed by atoms with van der Waals surface area (Å²) in [6, 6.07) is 6.56. The fourth-order valence-electron chi connectivity index (χ4n) is 1.69. The summed E-state index contributed by atoms with van der Waals surface area (Å²) >= 11 is 0. The summed E-state index contributed by atoms with van der Waals surface area (Å²) in [5.74, 6) is 0. The molecule has 0 aliphatic carbocycles. The molecule has 1 N–H and O–H groups in total. The van der Waals surface area contributed by atoms with Crippen molar-refractivity contribution in [2.24, 2.45) is 0 Å². The molecule has 0 atom stereocenters. The molecule has 0 radical (unpaired) electrons. The van der Waals surface area contributed by atoms with Crippen molar-refractivity contribution in [3.8, 4) is 0 Å². The van der Waals surface area contributed by atoms with E-state index in [-0.39, 0.29) is 0 Å². The van der Waals surface area contributed by atoms with Crippen molar-refractivity contribution in [3.05, 3.63) is 40.5 Å². The maximum absolute atomic E-state index is 4.99. The summed E-state index contributed by atoms with van der Waals surface area (Å²) in [6.07, 6.45) is 2.25. The predicted molar refractivity (Wildman–Crippen MR) is 74.3 cm³/mol. The largest absolute Gasteiger partial charge is 0.383 e. The summed E-state index contributed by atoms with van der Waals surface area (Å²) < 4.78 is 4.99. The Bertz CT molecular complexity index is 383. The van der Waals surface area contributed by atoms with E-state index in [9.17, 15) is 0 Å². The van der Waals surface area contributed by atoms with Gasteiger partial charge in [-0.25, -0.2) is 0 Å². The van der Waals surface area contributed by atoms with Gasteiger partial charge in [-0.2, -0.15) is 0 Å². The van der Waals surface area contributed by atoms with Crippen LogP contribution in [0.1, 0.15) is 23.6 Å². The number of hydrogen-bond acceptors (Lipinski definition) is 2. The standard InChI is InChI=1S/C15H23NO/c1-12-5-6-14(3)15(9-12)10-13(2)11-16-7-8-17-4/h5-6,9-10,16H,7-8,11H2,1-4H3. The van der Waals surface area contributed by atoms with Crippen molar-refractivity contribution >= 4 is 6.08 Å². The zero-order valence-corrected chi connectivity index (χ0v) is 11.3. The van der Waals surface area contributed by atoms with Crippen LogP contribution >= 0.6 is 0 Å². The van der Waals surface area contributed by atoms with Crippen molar-refractivity contribution in [1.29, 1.82) is 0 Å². The summed E-state index contributed by atoms with van der Waals surface area (Å²) in [5, 5.41) is 3.35. The molecule has 17 heavy (non-hydrogen) atoms. The minimum absolute atomic E-state index is 0.761. The third-order valence-electron chi connectivity index (χ3n) is 2.72. The number of methoxy groups -OCH3 is 1. The maximum Gasteiger partial charge on any atom is 0.0587 e. The van der Waals surface area contributed by atoms with Gasteiger partial charge in [0.15, 0.2) is 0 Å². The van der Waals surface area contributed by atoms with Gasteiger partial charge in [0.1, 0.15) is 0 Å². The highest BCUT2D eigenvalue weighted by atomic mass is 16.5. The van der Waals surface area contributed by atoms with Gasteiger partial charge in [-0.05, 0) is 31.9 Å². The average Bonchev–Trinajstić information content (AvgIpc) is 2.29. The number of ether oxygens (including phenoxy) is 1. The van der Waals surface area contributed by atoms with E-state index in [1.54, 1.807) is 7.11 Å². The van der Waals surface area contributed by atoms with E-state index in [0.29, 0.717) is 0 Å². The Labute approximate surface area is 105 Å². The van der Waals surface area contributed by atoms with Crippen LogP contribution in [-0.2, 0) is 4.74 Å². The molecule has 1 aromatic rings. The molecular formula is C15H23NO. The molecule has 1 aromatic carbocycles. The molecule has 0 saturated heterocycles. The quantitative estimate of drug-likeness (QED) is 0.763. The number of nitrogens with one attached hydrogen (secondary N) is 1. The van der Waals surface area contributed by atoms with Gasteiger partial charge in [0, 0.05) is 20.2 Å². The average molecular weight is 233 g/mol. The van der Waals surface area contributed by atoms with Gasteiger partial charge in [-0.15, -0.1) is 0 Å². The third-order valence-corrected chi connectivity index (χ3v) is 2.72. The normalized spacial score (nSPS) is 11.9. The summed E-state index contributed by atoms with van der Waals surface area (Å²) in [5.41, 5.74) is 5.29. The lowest BCUT2D eigenvalue weighted by Crippen LogP contribution is -2.20. The van der Waals surface area contributed by atoms with Crippen molar-refractivity contribution in [2.45, 2.75) is 20.8 Å². The van der Waals surface area contributed by atoms with E-state index in [2.05, 4.69) is 50.4 Å². The molecule has 0 saturated carbocycles. The van der Waals surface area contributed by atoms with E-state index in [4.69, 9.17) is 4.74 Å². The third kappa shape index (κ3) is 5.16. The van der Waals surface area contributed by atoms with Crippen LogP contribution in [0.3, 0.4) is 0 Å². The first-order chi connectivity index (χ1) is 8.13. The Morgan fingerprint density at radius 2 is 2.12 bits per heavy atom. The molecule has 0 aliphatic rings. The molecule has 0 aromatic heterocycles. The summed E-state index contributed by atoms with van der Waals surface area (Å²) in [7, 11) is 1.72. The van der Waals surface area contributed by atoms with Crippen LogP contribution in [0.4, 0.5) is 0 Å². The Morgan fingerprint density at radius 3 is 2.82 bits per heavy atom. The van der Waals surface area contributed by atoms with Gasteiger partial charge in [-0.1, -0.05) is 35.4 Å². The Morgan fingerprint density at radius 1 is 1.35 bits per heavy atom. The second-order valence-corrected chi connectivity index (χ2v) is 4.52. The highest BCUT2D eigenvalue weighted by Gasteiger charge is 1.97. The number of aryl methyl sites for hydroxylation is 2. The maximum atomic E-state index is 4.99. The SMILES string of the molecule is COCCNCC(C)=Cc1cc(C)ccc1C. The van der Waals surface area contributed by atoms with Gasteiger partial charge in [0.25, 0.3) is 0 Å². The summed E-state index contributed by atoms with van der Waals surface area (Å²) in [4.78, 5) is 0. The lowest BCUT2D eigenvalue weighted by molar-refractivity contribution is 0.200. The van der Waals surface area contributed by atoms with Gasteiger partial charge in [0.05, 0.1) is 6.61 Å². The zero-order chi connectivity index (χ0) is 12.7. The summed E-state index contributed by atoms with van der Waals surface area (Å²) in [6.45, 7) is 9.00. The lowest BCUT2D eigenvalue weighted by atomic mass is 10.0. The number of rotatable bonds is 6. The molecule has 0 heterocycles. The number of hydrogen-bond donors (Lipinski definition) is 1. The molecule has 0 aliphatic heterocycles. The molecule has 94 valence electrons. The highest BCUT2D eigenvalue weighted by Crippen LogP contribution is 2.14. The van der Waals surface area contributed by atoms with Crippen LogP contribution in [0, 0.1) is 13.8 Å². The zero-order valence-electron chi connectivity index (χ0n) is 11.3. The van der Waals surface area contributed by atoms with Crippen molar-refractivity contribution < 1.29 is 4.74 Å². The van der Waals surface area contributed by atoms with Crippen molar-refractivity contribution in [1.82, 2.24) is 5.32 Å². The predicted octanol–water partition coefficient (Wildman–Crippen LogP) is 2.94. The van der Waals surface area contributed by atoms with E-state index >= 15 is 0 Å². The molecular weight excluding hydrogens is 210 g/mol. The first-order valence-corrected chi connectivity index (χ1v) is 6.07. The van der Waals surface area contributed by atoms with Crippen LogP contribution in [0.5, 0.6) is 0 Å². The minimum Gasteiger partial charge on any atom is -0.383 e. The van der Waals surface area contributed by atoms with Crippen molar-refractivity contribution in [3.63, 3.8) is 0 Å². The van der Waals surface area contributed by atoms with Crippen LogP contribution in [0.2, 0.25) is 0 Å². The van der Waals surface area contributed by atoms with E-state index in [0.717, 1.165) is 19.7 Å². The monoisotopic (exact) mass is 233 g/mol. The number of benzene rings is 1. The van der Waals surface area contributed by atoms with Crippen LogP contribution in [0.25, 0.3) is 6.08 Å². The lowest BCUT2D eigenvalue weighted by Gasteiger charge is -2.07. The molecule has 2 nitrogen and oxygen atoms in total. The molecule has 2 heteroatoms. The van der Waals surface area contributed by atoms with E-state index < -0.39 is 0 Å². The van der Waals surface area contributed by atoms with Gasteiger partial charge >= 0.3 is 0 Å². The second-order valence-electron chi connectivity index (χ2n) is 4.52. The topological polar surface area (TPSA) is 21.3 Å². The molecule has 0 unspecified atom stereocenters. The van der Waals surface area contributed by atoms with Crippen LogP contribution in [-0.4, -0.2) is 26.8 Å². The second kappa shape index (κ2) is 7.25. The van der Waals surface area contributed by atoms with E-state index in [1.807, 2.05) is 0 Å². The fourth-order valence-corrected chi connectivity index (χ4v) is 1.69.